The van der Waals surface area contributed by atoms with Crippen LogP contribution in [0.5, 0.6) is 5.75 Å². The van der Waals surface area contributed by atoms with E-state index in [1.54, 1.807) is 4.90 Å². The monoisotopic (exact) mass is 446 g/mol. The first-order valence-corrected chi connectivity index (χ1v) is 11.8. The highest BCUT2D eigenvalue weighted by Crippen LogP contribution is 2.31. The van der Waals surface area contributed by atoms with Gasteiger partial charge in [0.05, 0.1) is 5.69 Å². The molecule has 0 spiro atoms. The molecular formula is C27H34N4O2. The summed E-state index contributed by atoms with van der Waals surface area (Å²) in [5, 5.41) is 3.09. The Hall–Kier alpha value is -3.25. The number of hydrogen-bond donors (Lipinski definition) is 1. The van der Waals surface area contributed by atoms with Crippen LogP contribution in [0.3, 0.4) is 0 Å². The molecule has 174 valence electrons. The number of carbonyl (C=O) groups excluding carboxylic acids is 1. The van der Waals surface area contributed by atoms with Gasteiger partial charge in [-0.05, 0) is 67.7 Å². The molecular weight excluding hydrogens is 412 g/mol. The molecule has 4 rings (SSSR count). The summed E-state index contributed by atoms with van der Waals surface area (Å²) in [4.78, 5) is 17.3. The quantitative estimate of drug-likeness (QED) is 0.490. The van der Waals surface area contributed by atoms with Crippen LogP contribution >= 0.6 is 0 Å². The first-order valence-electron chi connectivity index (χ1n) is 11.8. The first-order chi connectivity index (χ1) is 16.1. The van der Waals surface area contributed by atoms with E-state index in [0.29, 0.717) is 31.1 Å². The van der Waals surface area contributed by atoms with E-state index in [-0.39, 0.29) is 6.03 Å². The number of carbonyl (C=O) groups is 1. The van der Waals surface area contributed by atoms with E-state index in [1.165, 1.54) is 12.8 Å². The van der Waals surface area contributed by atoms with E-state index < -0.39 is 0 Å². The van der Waals surface area contributed by atoms with Gasteiger partial charge in [0.1, 0.15) is 12.4 Å². The minimum absolute atomic E-state index is 0.127. The van der Waals surface area contributed by atoms with Crippen molar-refractivity contribution in [3.63, 3.8) is 0 Å². The number of hydrogen-bond acceptors (Lipinski definition) is 3. The molecule has 0 unspecified atom stereocenters. The number of benzene rings is 2. The molecule has 0 aliphatic carbocycles. The molecule has 1 aliphatic rings. The maximum Gasteiger partial charge on any atom is 0.322 e. The van der Waals surface area contributed by atoms with Crippen LogP contribution in [0.1, 0.15) is 25.3 Å². The summed E-state index contributed by atoms with van der Waals surface area (Å²) < 4.78 is 8.25. The molecule has 2 amide bonds. The zero-order chi connectivity index (χ0) is 23.0. The summed E-state index contributed by atoms with van der Waals surface area (Å²) >= 11 is 0. The van der Waals surface area contributed by atoms with E-state index in [1.807, 2.05) is 73.3 Å². The van der Waals surface area contributed by atoms with Gasteiger partial charge in [-0.3, -0.25) is 4.90 Å². The highest BCUT2D eigenvalue weighted by molar-refractivity contribution is 5.91. The third-order valence-electron chi connectivity index (χ3n) is 6.14. The third-order valence-corrected chi connectivity index (χ3v) is 6.14. The van der Waals surface area contributed by atoms with Crippen molar-refractivity contribution < 1.29 is 9.53 Å². The van der Waals surface area contributed by atoms with Crippen molar-refractivity contribution in [1.29, 1.82) is 0 Å². The van der Waals surface area contributed by atoms with Crippen LogP contribution in [0, 0.1) is 0 Å². The highest BCUT2D eigenvalue weighted by atomic mass is 16.5. The standard InChI is InChI=1S/C27H34N4O2/c1-3-31(20-22-9-5-4-6-10-22)27(32)28-25-12-11-23(24-13-16-29(2)21-24)19-26(25)33-18-17-30-14-7-8-15-30/h4-6,9-13,16,19,21H,3,7-8,14-15,17-18,20H2,1-2H3,(H,28,32). The molecule has 1 saturated heterocycles. The second-order valence-electron chi connectivity index (χ2n) is 8.60. The lowest BCUT2D eigenvalue weighted by atomic mass is 10.1. The van der Waals surface area contributed by atoms with Crippen molar-refractivity contribution in [2.75, 3.05) is 38.1 Å². The van der Waals surface area contributed by atoms with Crippen LogP contribution in [-0.4, -0.2) is 53.2 Å². The smallest absolute Gasteiger partial charge is 0.322 e. The van der Waals surface area contributed by atoms with Crippen molar-refractivity contribution in [2.45, 2.75) is 26.3 Å². The van der Waals surface area contributed by atoms with Crippen molar-refractivity contribution in [2.24, 2.45) is 7.05 Å². The lowest BCUT2D eigenvalue weighted by Gasteiger charge is -2.23. The van der Waals surface area contributed by atoms with Gasteiger partial charge in [0.2, 0.25) is 0 Å². The Balaban J connectivity index is 1.49. The van der Waals surface area contributed by atoms with Crippen molar-refractivity contribution in [3.8, 4) is 16.9 Å². The Morgan fingerprint density at radius 2 is 1.85 bits per heavy atom. The van der Waals surface area contributed by atoms with Gasteiger partial charge in [-0.15, -0.1) is 0 Å². The van der Waals surface area contributed by atoms with Crippen molar-refractivity contribution in [3.05, 3.63) is 72.6 Å². The second kappa shape index (κ2) is 11.1. The van der Waals surface area contributed by atoms with E-state index in [0.717, 1.165) is 36.3 Å². The van der Waals surface area contributed by atoms with Gasteiger partial charge in [0.25, 0.3) is 0 Å². The number of ether oxygens (including phenoxy) is 1. The van der Waals surface area contributed by atoms with Gasteiger partial charge in [-0.1, -0.05) is 36.4 Å². The number of amides is 2. The van der Waals surface area contributed by atoms with Gasteiger partial charge in [0.15, 0.2) is 0 Å². The molecule has 3 aromatic rings. The Morgan fingerprint density at radius 1 is 1.06 bits per heavy atom. The molecule has 0 radical (unpaired) electrons. The normalized spacial score (nSPS) is 13.8. The van der Waals surface area contributed by atoms with Crippen LogP contribution in [0.15, 0.2) is 67.0 Å². The van der Waals surface area contributed by atoms with Crippen LogP contribution in [-0.2, 0) is 13.6 Å². The minimum Gasteiger partial charge on any atom is -0.490 e. The zero-order valence-corrected chi connectivity index (χ0v) is 19.7. The summed E-state index contributed by atoms with van der Waals surface area (Å²) in [6.45, 7) is 6.96. The average molecular weight is 447 g/mol. The van der Waals surface area contributed by atoms with Gasteiger partial charge in [-0.25, -0.2) is 4.79 Å². The fourth-order valence-corrected chi connectivity index (χ4v) is 4.21. The van der Waals surface area contributed by atoms with E-state index in [4.69, 9.17) is 4.74 Å². The summed E-state index contributed by atoms with van der Waals surface area (Å²) in [5.41, 5.74) is 4.00. The Morgan fingerprint density at radius 3 is 2.55 bits per heavy atom. The van der Waals surface area contributed by atoms with Crippen LogP contribution in [0.25, 0.3) is 11.1 Å². The van der Waals surface area contributed by atoms with Gasteiger partial charge < -0.3 is 19.5 Å². The van der Waals surface area contributed by atoms with Gasteiger partial charge in [-0.2, -0.15) is 0 Å². The highest BCUT2D eigenvalue weighted by Gasteiger charge is 2.17. The molecule has 1 aliphatic heterocycles. The predicted molar refractivity (Wildman–Crippen MR) is 134 cm³/mol. The number of anilines is 1. The van der Waals surface area contributed by atoms with Gasteiger partial charge in [0, 0.05) is 39.1 Å². The topological polar surface area (TPSA) is 49.7 Å². The number of likely N-dealkylation sites (tertiary alicyclic amines) is 1. The molecule has 1 aromatic heterocycles. The van der Waals surface area contributed by atoms with Crippen LogP contribution in [0.4, 0.5) is 10.5 Å². The molecule has 0 saturated carbocycles. The Labute approximate surface area is 196 Å². The molecule has 1 fully saturated rings. The Kier molecular flexibility index (Phi) is 7.68. The maximum absolute atomic E-state index is 13.1. The predicted octanol–water partition coefficient (Wildman–Crippen LogP) is 5.22. The molecule has 6 heteroatoms. The third kappa shape index (κ3) is 6.17. The second-order valence-corrected chi connectivity index (χ2v) is 8.60. The van der Waals surface area contributed by atoms with E-state index >= 15 is 0 Å². The molecule has 1 N–H and O–H groups in total. The SMILES string of the molecule is CCN(Cc1ccccc1)C(=O)Nc1ccc(-c2ccn(C)c2)cc1OCCN1CCCC1. The fourth-order valence-electron chi connectivity index (χ4n) is 4.21. The van der Waals surface area contributed by atoms with Crippen molar-refractivity contribution >= 4 is 11.7 Å². The molecule has 0 atom stereocenters. The zero-order valence-electron chi connectivity index (χ0n) is 19.7. The number of nitrogens with one attached hydrogen (secondary N) is 1. The molecule has 6 nitrogen and oxygen atoms in total. The first kappa shape index (κ1) is 22.9. The fraction of sp³-hybridized carbons (Fsp3) is 0.370. The van der Waals surface area contributed by atoms with Crippen LogP contribution in [0.2, 0.25) is 0 Å². The number of rotatable bonds is 9. The lowest BCUT2D eigenvalue weighted by Crippen LogP contribution is -2.34. The maximum atomic E-state index is 13.1. The van der Waals surface area contributed by atoms with Gasteiger partial charge >= 0.3 is 6.03 Å². The van der Waals surface area contributed by atoms with Crippen molar-refractivity contribution in [1.82, 2.24) is 14.4 Å². The number of aryl methyl sites for hydroxylation is 1. The summed E-state index contributed by atoms with van der Waals surface area (Å²) in [5.74, 6) is 0.708. The molecule has 0 bridgehead atoms. The summed E-state index contributed by atoms with van der Waals surface area (Å²) in [6, 6.07) is 18.0. The van der Waals surface area contributed by atoms with E-state index in [9.17, 15) is 4.79 Å². The molecule has 33 heavy (non-hydrogen) atoms. The Bertz CT molecular complexity index is 1040. The minimum atomic E-state index is -0.127. The lowest BCUT2D eigenvalue weighted by molar-refractivity contribution is 0.211. The van der Waals surface area contributed by atoms with Crippen LogP contribution < -0.4 is 10.1 Å². The average Bonchev–Trinajstić information content (AvgIpc) is 3.51. The number of urea groups is 1. The largest absolute Gasteiger partial charge is 0.490 e. The molecule has 2 aromatic carbocycles. The van der Waals surface area contributed by atoms with E-state index in [2.05, 4.69) is 22.5 Å². The number of aromatic nitrogens is 1. The summed E-state index contributed by atoms with van der Waals surface area (Å²) in [6.07, 6.45) is 6.64. The summed E-state index contributed by atoms with van der Waals surface area (Å²) in [7, 11) is 2.01. The molecule has 2 heterocycles. The number of nitrogens with zero attached hydrogens (tertiary/aromatic N) is 3.